The molecule has 0 saturated heterocycles. The molecule has 0 bridgehead atoms. The largest absolute Gasteiger partial charge is 0.495 e. The van der Waals surface area contributed by atoms with Gasteiger partial charge in [0.05, 0.1) is 19.4 Å². The highest BCUT2D eigenvalue weighted by Crippen LogP contribution is 2.44. The number of hydrogen-bond acceptors (Lipinski definition) is 4. The standard InChI is InChI=1S/C13H18N2O3/c1-18-11-3-2-9(6-10(11)14)12(17)15-7-13(8-16)4-5-13/h2-3,6,16H,4-5,7-8,14H2,1H3,(H,15,17). The predicted octanol–water partition coefficient (Wildman–Crippen LogP) is 0.780. The topological polar surface area (TPSA) is 84.6 Å². The highest BCUT2D eigenvalue weighted by atomic mass is 16.5. The maximum absolute atomic E-state index is 11.9. The summed E-state index contributed by atoms with van der Waals surface area (Å²) in [6, 6.07) is 4.93. The van der Waals surface area contributed by atoms with Crippen molar-refractivity contribution in [3.8, 4) is 5.75 Å². The van der Waals surface area contributed by atoms with Crippen molar-refractivity contribution in [3.05, 3.63) is 23.8 Å². The van der Waals surface area contributed by atoms with Crippen LogP contribution < -0.4 is 15.8 Å². The zero-order chi connectivity index (χ0) is 13.2. The second-order valence-electron chi connectivity index (χ2n) is 4.80. The Hall–Kier alpha value is -1.75. The van der Waals surface area contributed by atoms with Crippen molar-refractivity contribution in [3.63, 3.8) is 0 Å². The van der Waals surface area contributed by atoms with Gasteiger partial charge in [-0.15, -0.1) is 0 Å². The second kappa shape index (κ2) is 4.86. The minimum absolute atomic E-state index is 0.0896. The molecule has 1 aromatic rings. The fraction of sp³-hybridized carbons (Fsp3) is 0.462. The smallest absolute Gasteiger partial charge is 0.251 e. The first-order chi connectivity index (χ1) is 8.60. The molecule has 0 aliphatic heterocycles. The Morgan fingerprint density at radius 2 is 2.28 bits per heavy atom. The number of ether oxygens (including phenoxy) is 1. The number of nitrogens with one attached hydrogen (secondary N) is 1. The first-order valence-electron chi connectivity index (χ1n) is 5.93. The van der Waals surface area contributed by atoms with Gasteiger partial charge in [-0.25, -0.2) is 0 Å². The molecule has 0 heterocycles. The fourth-order valence-electron chi connectivity index (χ4n) is 1.81. The molecule has 5 nitrogen and oxygen atoms in total. The van der Waals surface area contributed by atoms with Gasteiger partial charge in [-0.3, -0.25) is 4.79 Å². The molecule has 4 N–H and O–H groups in total. The Labute approximate surface area is 106 Å². The molecule has 0 unspecified atom stereocenters. The summed E-state index contributed by atoms with van der Waals surface area (Å²) in [4.78, 5) is 11.9. The number of rotatable bonds is 5. The lowest BCUT2D eigenvalue weighted by Crippen LogP contribution is -2.31. The highest BCUT2D eigenvalue weighted by Gasteiger charge is 2.42. The van der Waals surface area contributed by atoms with Crippen LogP contribution in [0.1, 0.15) is 23.2 Å². The summed E-state index contributed by atoms with van der Waals surface area (Å²) in [6.45, 7) is 0.631. The number of amides is 1. The van der Waals surface area contributed by atoms with Gasteiger partial charge in [0.1, 0.15) is 5.75 Å². The monoisotopic (exact) mass is 250 g/mol. The lowest BCUT2D eigenvalue weighted by Gasteiger charge is -2.13. The fourth-order valence-corrected chi connectivity index (χ4v) is 1.81. The third kappa shape index (κ3) is 2.56. The lowest BCUT2D eigenvalue weighted by atomic mass is 10.1. The van der Waals surface area contributed by atoms with Crippen LogP contribution in [0.15, 0.2) is 18.2 Å². The lowest BCUT2D eigenvalue weighted by molar-refractivity contribution is 0.0935. The van der Waals surface area contributed by atoms with Gasteiger partial charge >= 0.3 is 0 Å². The van der Waals surface area contributed by atoms with Crippen LogP contribution in [0.25, 0.3) is 0 Å². The molecule has 0 aromatic heterocycles. The number of carbonyl (C=O) groups excluding carboxylic acids is 1. The number of aliphatic hydroxyl groups excluding tert-OH is 1. The molecule has 0 spiro atoms. The van der Waals surface area contributed by atoms with Gasteiger partial charge in [0.25, 0.3) is 5.91 Å². The average Bonchev–Trinajstić information content (AvgIpc) is 3.16. The Balaban J connectivity index is 1.98. The summed E-state index contributed by atoms with van der Waals surface area (Å²) >= 11 is 0. The Bertz CT molecular complexity index is 456. The molecule has 18 heavy (non-hydrogen) atoms. The van der Waals surface area contributed by atoms with Crippen molar-refractivity contribution in [2.24, 2.45) is 5.41 Å². The second-order valence-corrected chi connectivity index (χ2v) is 4.80. The van der Waals surface area contributed by atoms with Gasteiger partial charge in [-0.1, -0.05) is 0 Å². The van der Waals surface area contributed by atoms with E-state index in [0.29, 0.717) is 23.5 Å². The summed E-state index contributed by atoms with van der Waals surface area (Å²) in [5.41, 5.74) is 6.60. The molecule has 0 radical (unpaired) electrons. The number of aliphatic hydroxyl groups is 1. The summed E-state index contributed by atoms with van der Waals surface area (Å²) in [5.74, 6) is 0.379. The molecular weight excluding hydrogens is 232 g/mol. The number of nitrogens with two attached hydrogens (primary N) is 1. The molecular formula is C13H18N2O3. The zero-order valence-electron chi connectivity index (χ0n) is 10.4. The zero-order valence-corrected chi connectivity index (χ0v) is 10.4. The van der Waals surface area contributed by atoms with Gasteiger partial charge < -0.3 is 20.9 Å². The van der Waals surface area contributed by atoms with Crippen molar-refractivity contribution < 1.29 is 14.6 Å². The van der Waals surface area contributed by atoms with Crippen LogP contribution in [0.5, 0.6) is 5.75 Å². The van der Waals surface area contributed by atoms with Crippen molar-refractivity contribution in [2.75, 3.05) is 26.0 Å². The Morgan fingerprint density at radius 1 is 1.56 bits per heavy atom. The van der Waals surface area contributed by atoms with E-state index in [1.165, 1.54) is 7.11 Å². The van der Waals surface area contributed by atoms with Crippen LogP contribution in [0, 0.1) is 5.41 Å². The Kier molecular flexibility index (Phi) is 3.43. The minimum Gasteiger partial charge on any atom is -0.495 e. The molecule has 1 aliphatic rings. The number of nitrogen functional groups attached to an aromatic ring is 1. The van der Waals surface area contributed by atoms with Crippen LogP contribution in [0.4, 0.5) is 5.69 Å². The van der Waals surface area contributed by atoms with E-state index in [4.69, 9.17) is 15.6 Å². The third-order valence-corrected chi connectivity index (χ3v) is 3.41. The first kappa shape index (κ1) is 12.7. The third-order valence-electron chi connectivity index (χ3n) is 3.41. The van der Waals surface area contributed by atoms with Crippen molar-refractivity contribution in [1.29, 1.82) is 0 Å². The normalized spacial score (nSPS) is 16.1. The SMILES string of the molecule is COc1ccc(C(=O)NCC2(CO)CC2)cc1N. The molecule has 2 rings (SSSR count). The highest BCUT2D eigenvalue weighted by molar-refractivity contribution is 5.95. The Morgan fingerprint density at radius 3 is 2.78 bits per heavy atom. The maximum Gasteiger partial charge on any atom is 0.251 e. The van der Waals surface area contributed by atoms with Gasteiger partial charge in [-0.2, -0.15) is 0 Å². The molecule has 5 heteroatoms. The van der Waals surface area contributed by atoms with E-state index in [-0.39, 0.29) is 17.9 Å². The quantitative estimate of drug-likeness (QED) is 0.674. The van der Waals surface area contributed by atoms with Crippen molar-refractivity contribution >= 4 is 11.6 Å². The van der Waals surface area contributed by atoms with E-state index in [1.54, 1.807) is 18.2 Å². The predicted molar refractivity (Wildman–Crippen MR) is 68.5 cm³/mol. The molecule has 1 saturated carbocycles. The molecule has 1 aromatic carbocycles. The van der Waals surface area contributed by atoms with E-state index in [0.717, 1.165) is 12.8 Å². The van der Waals surface area contributed by atoms with E-state index < -0.39 is 0 Å². The number of benzene rings is 1. The first-order valence-corrected chi connectivity index (χ1v) is 5.93. The summed E-state index contributed by atoms with van der Waals surface area (Å²) in [7, 11) is 1.53. The summed E-state index contributed by atoms with van der Waals surface area (Å²) in [5, 5.41) is 12.0. The minimum atomic E-state index is -0.177. The van der Waals surface area contributed by atoms with E-state index >= 15 is 0 Å². The average molecular weight is 250 g/mol. The molecule has 98 valence electrons. The van der Waals surface area contributed by atoms with Crippen LogP contribution in [-0.2, 0) is 0 Å². The van der Waals surface area contributed by atoms with Crippen LogP contribution >= 0.6 is 0 Å². The molecule has 1 aliphatic carbocycles. The van der Waals surface area contributed by atoms with Gasteiger partial charge in [-0.05, 0) is 31.0 Å². The van der Waals surface area contributed by atoms with Crippen LogP contribution in [-0.4, -0.2) is 31.3 Å². The maximum atomic E-state index is 11.9. The van der Waals surface area contributed by atoms with Crippen LogP contribution in [0.3, 0.4) is 0 Å². The van der Waals surface area contributed by atoms with Crippen molar-refractivity contribution in [1.82, 2.24) is 5.32 Å². The molecule has 0 atom stereocenters. The van der Waals surface area contributed by atoms with E-state index in [2.05, 4.69) is 5.32 Å². The summed E-state index contributed by atoms with van der Waals surface area (Å²) < 4.78 is 5.03. The van der Waals surface area contributed by atoms with Gasteiger partial charge in [0.2, 0.25) is 0 Å². The van der Waals surface area contributed by atoms with Gasteiger partial charge in [0.15, 0.2) is 0 Å². The number of anilines is 1. The number of carbonyl (C=O) groups is 1. The molecule has 1 fully saturated rings. The van der Waals surface area contributed by atoms with Crippen molar-refractivity contribution in [2.45, 2.75) is 12.8 Å². The van der Waals surface area contributed by atoms with Crippen LogP contribution in [0.2, 0.25) is 0 Å². The van der Waals surface area contributed by atoms with E-state index in [9.17, 15) is 4.79 Å². The van der Waals surface area contributed by atoms with Gasteiger partial charge in [0, 0.05) is 17.5 Å². The van der Waals surface area contributed by atoms with E-state index in [1.807, 2.05) is 0 Å². The molecule has 1 amide bonds. The summed E-state index contributed by atoms with van der Waals surface area (Å²) in [6.07, 6.45) is 1.93. The number of hydrogen-bond donors (Lipinski definition) is 3. The number of methoxy groups -OCH3 is 1.